The van der Waals surface area contributed by atoms with Gasteiger partial charge in [0, 0.05) is 11.6 Å². The van der Waals surface area contributed by atoms with Gasteiger partial charge in [-0.25, -0.2) is 4.79 Å². The van der Waals surface area contributed by atoms with Crippen LogP contribution >= 0.6 is 0 Å². The molecule has 0 aliphatic carbocycles. The van der Waals surface area contributed by atoms with E-state index in [0.29, 0.717) is 17.1 Å². The van der Waals surface area contributed by atoms with Gasteiger partial charge in [-0.1, -0.05) is 20.8 Å². The molecule has 0 aromatic heterocycles. The summed E-state index contributed by atoms with van der Waals surface area (Å²) in [4.78, 5) is 11.6. The number of carbonyl (C=O) groups excluding carboxylic acids is 1. The molecular formula is C15H18O5. The summed E-state index contributed by atoms with van der Waals surface area (Å²) in [5.74, 6) is 0.295. The van der Waals surface area contributed by atoms with Crippen LogP contribution in [-0.4, -0.2) is 17.7 Å². The van der Waals surface area contributed by atoms with Gasteiger partial charge in [0.2, 0.25) is 5.76 Å². The summed E-state index contributed by atoms with van der Waals surface area (Å²) in [6.07, 6.45) is 1.18. The molecule has 1 aliphatic rings. The first-order valence-electron chi connectivity index (χ1n) is 6.42. The van der Waals surface area contributed by atoms with Crippen molar-refractivity contribution in [3.05, 3.63) is 29.7 Å². The Kier molecular flexibility index (Phi) is 3.61. The maximum Gasteiger partial charge on any atom is 0.377 e. The molecule has 1 aromatic rings. The summed E-state index contributed by atoms with van der Waals surface area (Å²) in [5, 5.41) is 10.0. The van der Waals surface area contributed by atoms with Gasteiger partial charge in [-0.05, 0) is 18.4 Å². The number of hydrogen-bond acceptors (Lipinski definition) is 5. The highest BCUT2D eigenvalue weighted by molar-refractivity contribution is 5.87. The normalized spacial score (nSPS) is 13.7. The number of phenols is 1. The molecule has 1 aliphatic heterocycles. The Morgan fingerprint density at radius 1 is 1.30 bits per heavy atom. The van der Waals surface area contributed by atoms with E-state index in [1.54, 1.807) is 13.0 Å². The minimum absolute atomic E-state index is 0.00935. The topological polar surface area (TPSA) is 65.0 Å². The molecule has 2 rings (SSSR count). The fourth-order valence-electron chi connectivity index (χ4n) is 1.87. The number of ether oxygens (including phenoxy) is 3. The number of hydrogen-bond donors (Lipinski definition) is 1. The van der Waals surface area contributed by atoms with Gasteiger partial charge in [-0.2, -0.15) is 0 Å². The molecule has 1 aromatic carbocycles. The van der Waals surface area contributed by atoms with Gasteiger partial charge in [0.05, 0.1) is 6.61 Å². The predicted octanol–water partition coefficient (Wildman–Crippen LogP) is 2.87. The fourth-order valence-corrected chi connectivity index (χ4v) is 1.87. The molecule has 108 valence electrons. The van der Waals surface area contributed by atoms with Crippen LogP contribution in [-0.2, 0) is 14.9 Å². The van der Waals surface area contributed by atoms with E-state index < -0.39 is 5.97 Å². The van der Waals surface area contributed by atoms with E-state index in [1.165, 1.54) is 12.3 Å². The molecule has 1 heterocycles. The van der Waals surface area contributed by atoms with E-state index in [4.69, 9.17) is 14.2 Å². The lowest BCUT2D eigenvalue weighted by Crippen LogP contribution is -2.18. The molecule has 5 nitrogen and oxygen atoms in total. The first kappa shape index (κ1) is 14.2. The lowest BCUT2D eigenvalue weighted by molar-refractivity contribution is -0.141. The maximum atomic E-state index is 11.6. The van der Waals surface area contributed by atoms with Crippen LogP contribution in [0.4, 0.5) is 0 Å². The Morgan fingerprint density at radius 3 is 2.60 bits per heavy atom. The summed E-state index contributed by atoms with van der Waals surface area (Å²) in [5.41, 5.74) is 0.457. The van der Waals surface area contributed by atoms with Crippen molar-refractivity contribution in [2.45, 2.75) is 33.1 Å². The van der Waals surface area contributed by atoms with Gasteiger partial charge in [0.1, 0.15) is 12.0 Å². The molecule has 0 unspecified atom stereocenters. The zero-order chi connectivity index (χ0) is 14.9. The van der Waals surface area contributed by atoms with Crippen molar-refractivity contribution >= 4 is 5.97 Å². The summed E-state index contributed by atoms with van der Waals surface area (Å²) < 4.78 is 15.6. The van der Waals surface area contributed by atoms with Crippen molar-refractivity contribution in [1.29, 1.82) is 0 Å². The molecule has 0 spiro atoms. The summed E-state index contributed by atoms with van der Waals surface area (Å²) in [6, 6.07) is 3.16. The molecule has 1 N–H and O–H groups in total. The van der Waals surface area contributed by atoms with Crippen LogP contribution in [0.1, 0.15) is 33.3 Å². The number of phenolic OH excluding ortho intramolecular Hbond substituents is 1. The SMILES string of the molecule is CCOC(=O)C1=COc2cc(O)c(C(C)(C)C)cc2O1. The lowest BCUT2D eigenvalue weighted by atomic mass is 9.86. The third kappa shape index (κ3) is 2.71. The monoisotopic (exact) mass is 278 g/mol. The number of fused-ring (bicyclic) bond motifs is 1. The Balaban J connectivity index is 2.33. The first-order chi connectivity index (χ1) is 9.32. The maximum absolute atomic E-state index is 11.6. The van der Waals surface area contributed by atoms with Gasteiger partial charge in [0.25, 0.3) is 0 Å². The van der Waals surface area contributed by atoms with E-state index in [2.05, 4.69) is 0 Å². The molecule has 5 heteroatoms. The summed E-state index contributed by atoms with van der Waals surface area (Å²) in [6.45, 7) is 7.89. The predicted molar refractivity (Wildman–Crippen MR) is 72.8 cm³/mol. The average molecular weight is 278 g/mol. The summed E-state index contributed by atoms with van der Waals surface area (Å²) in [7, 11) is 0. The standard InChI is InChI=1S/C15H18O5/c1-5-18-14(17)13-8-19-11-7-10(16)9(15(2,3)4)6-12(11)20-13/h6-8,16H,5H2,1-4H3. The van der Waals surface area contributed by atoms with Crippen molar-refractivity contribution in [1.82, 2.24) is 0 Å². The van der Waals surface area contributed by atoms with Gasteiger partial charge >= 0.3 is 5.97 Å². The second-order valence-corrected chi connectivity index (χ2v) is 5.49. The molecule has 0 radical (unpaired) electrons. The number of esters is 1. The van der Waals surface area contributed by atoms with E-state index >= 15 is 0 Å². The highest BCUT2D eigenvalue weighted by atomic mass is 16.6. The minimum Gasteiger partial charge on any atom is -0.508 e. The van der Waals surface area contributed by atoms with Gasteiger partial charge in [-0.3, -0.25) is 0 Å². The molecular weight excluding hydrogens is 260 g/mol. The first-order valence-corrected chi connectivity index (χ1v) is 6.42. The number of carbonyl (C=O) groups is 1. The third-order valence-electron chi connectivity index (χ3n) is 2.86. The molecule has 0 saturated carbocycles. The molecule has 0 saturated heterocycles. The second-order valence-electron chi connectivity index (χ2n) is 5.49. The smallest absolute Gasteiger partial charge is 0.377 e. The van der Waals surface area contributed by atoms with Crippen LogP contribution < -0.4 is 9.47 Å². The van der Waals surface area contributed by atoms with E-state index in [0.717, 1.165) is 0 Å². The van der Waals surface area contributed by atoms with Crippen LogP contribution in [0.5, 0.6) is 17.2 Å². The highest BCUT2D eigenvalue weighted by Gasteiger charge is 2.26. The summed E-state index contributed by atoms with van der Waals surface area (Å²) >= 11 is 0. The lowest BCUT2D eigenvalue weighted by Gasteiger charge is -2.24. The van der Waals surface area contributed by atoms with Crippen LogP contribution in [0, 0.1) is 0 Å². The molecule has 0 amide bonds. The Labute approximate surface area is 117 Å². The highest BCUT2D eigenvalue weighted by Crippen LogP contribution is 2.42. The van der Waals surface area contributed by atoms with Crippen molar-refractivity contribution < 1.29 is 24.1 Å². The van der Waals surface area contributed by atoms with Crippen molar-refractivity contribution in [2.24, 2.45) is 0 Å². The number of aromatic hydroxyl groups is 1. The molecule has 0 atom stereocenters. The average Bonchev–Trinajstić information content (AvgIpc) is 2.36. The van der Waals surface area contributed by atoms with Crippen LogP contribution in [0.15, 0.2) is 24.2 Å². The van der Waals surface area contributed by atoms with Crippen LogP contribution in [0.25, 0.3) is 0 Å². The second kappa shape index (κ2) is 5.07. The quantitative estimate of drug-likeness (QED) is 0.843. The largest absolute Gasteiger partial charge is 0.508 e. The van der Waals surface area contributed by atoms with Crippen molar-refractivity contribution in [3.63, 3.8) is 0 Å². The fraction of sp³-hybridized carbons (Fsp3) is 0.400. The Hall–Kier alpha value is -2.17. The van der Waals surface area contributed by atoms with Gasteiger partial charge in [-0.15, -0.1) is 0 Å². The van der Waals surface area contributed by atoms with Crippen LogP contribution in [0.3, 0.4) is 0 Å². The molecule has 20 heavy (non-hydrogen) atoms. The van der Waals surface area contributed by atoms with E-state index in [1.807, 2.05) is 20.8 Å². The zero-order valence-electron chi connectivity index (χ0n) is 12.0. The minimum atomic E-state index is -0.580. The molecule has 0 bridgehead atoms. The van der Waals surface area contributed by atoms with E-state index in [-0.39, 0.29) is 23.5 Å². The molecule has 0 fully saturated rings. The van der Waals surface area contributed by atoms with Gasteiger partial charge in [0.15, 0.2) is 11.5 Å². The Bertz CT molecular complexity index is 566. The van der Waals surface area contributed by atoms with Crippen molar-refractivity contribution in [2.75, 3.05) is 6.61 Å². The number of benzene rings is 1. The Morgan fingerprint density at radius 2 is 2.00 bits per heavy atom. The van der Waals surface area contributed by atoms with E-state index in [9.17, 15) is 9.90 Å². The van der Waals surface area contributed by atoms with Crippen molar-refractivity contribution in [3.8, 4) is 17.2 Å². The van der Waals surface area contributed by atoms with Gasteiger partial charge < -0.3 is 19.3 Å². The third-order valence-corrected chi connectivity index (χ3v) is 2.86. The number of rotatable bonds is 2. The zero-order valence-corrected chi connectivity index (χ0v) is 12.0. The van der Waals surface area contributed by atoms with Crippen LogP contribution in [0.2, 0.25) is 0 Å².